The molecule has 0 aliphatic rings. The van der Waals surface area contributed by atoms with E-state index in [4.69, 9.17) is 0 Å². The van der Waals surface area contributed by atoms with Gasteiger partial charge in [0.05, 0.1) is 0 Å². The highest BCUT2D eigenvalue weighted by Crippen LogP contribution is 2.20. The van der Waals surface area contributed by atoms with E-state index in [1.54, 1.807) is 6.08 Å². The first-order valence-corrected chi connectivity index (χ1v) is 9.85. The van der Waals surface area contributed by atoms with Crippen LogP contribution in [-0.2, 0) is 11.2 Å². The summed E-state index contributed by atoms with van der Waals surface area (Å²) in [6.45, 7) is 0.465. The first-order valence-electron chi connectivity index (χ1n) is 9.85. The highest BCUT2D eigenvalue weighted by atomic mass is 16.1. The van der Waals surface area contributed by atoms with E-state index >= 15 is 0 Å². The van der Waals surface area contributed by atoms with Crippen molar-refractivity contribution in [1.29, 1.82) is 5.26 Å². The summed E-state index contributed by atoms with van der Waals surface area (Å²) >= 11 is 0. The van der Waals surface area contributed by atoms with Gasteiger partial charge in [0.25, 0.3) is 5.91 Å². The molecule has 0 saturated carbocycles. The average Bonchev–Trinajstić information content (AvgIpc) is 3.21. The van der Waals surface area contributed by atoms with Crippen LogP contribution in [0.25, 0.3) is 28.1 Å². The lowest BCUT2D eigenvalue weighted by Gasteiger charge is -2.05. The van der Waals surface area contributed by atoms with Gasteiger partial charge >= 0.3 is 0 Å². The fourth-order valence-corrected chi connectivity index (χ4v) is 3.46. The maximum Gasteiger partial charge on any atom is 0.261 e. The van der Waals surface area contributed by atoms with Gasteiger partial charge in [-0.25, -0.2) is 0 Å². The minimum Gasteiger partial charge on any atom is -0.361 e. The zero-order valence-electron chi connectivity index (χ0n) is 16.4. The van der Waals surface area contributed by atoms with Crippen molar-refractivity contribution in [1.82, 2.24) is 10.3 Å². The number of benzene rings is 3. The van der Waals surface area contributed by atoms with E-state index in [0.29, 0.717) is 13.0 Å². The third-order valence-corrected chi connectivity index (χ3v) is 5.05. The second-order valence-corrected chi connectivity index (χ2v) is 7.02. The minimum absolute atomic E-state index is 0.0985. The highest BCUT2D eigenvalue weighted by molar-refractivity contribution is 6.01. The molecule has 0 radical (unpaired) electrons. The maximum atomic E-state index is 12.4. The summed E-state index contributed by atoms with van der Waals surface area (Å²) < 4.78 is 0. The van der Waals surface area contributed by atoms with Crippen LogP contribution in [0.5, 0.6) is 0 Å². The Balaban J connectivity index is 1.40. The Bertz CT molecular complexity index is 1230. The number of aromatic amines is 1. The molecule has 0 saturated heterocycles. The predicted molar refractivity (Wildman–Crippen MR) is 120 cm³/mol. The van der Waals surface area contributed by atoms with Gasteiger partial charge in [-0.05, 0) is 40.8 Å². The largest absolute Gasteiger partial charge is 0.361 e. The van der Waals surface area contributed by atoms with Crippen LogP contribution in [0.1, 0.15) is 11.1 Å². The highest BCUT2D eigenvalue weighted by Gasteiger charge is 2.10. The number of nitrogens with zero attached hydrogens (tertiary/aromatic N) is 1. The summed E-state index contributed by atoms with van der Waals surface area (Å²) in [5, 5.41) is 13.4. The molecule has 0 bridgehead atoms. The number of amides is 1. The SMILES string of the molecule is N#C/C(=C/c1ccc(-c2ccccc2)cc1)C(=O)NCCc1c[nH]c2ccccc12. The topological polar surface area (TPSA) is 68.7 Å². The van der Waals surface area contributed by atoms with Crippen molar-refractivity contribution in [2.75, 3.05) is 6.54 Å². The van der Waals surface area contributed by atoms with Crippen molar-refractivity contribution in [2.24, 2.45) is 0 Å². The van der Waals surface area contributed by atoms with E-state index in [2.05, 4.69) is 16.4 Å². The molecular formula is C26H21N3O. The molecule has 1 amide bonds. The van der Waals surface area contributed by atoms with E-state index in [1.165, 1.54) is 0 Å². The van der Waals surface area contributed by atoms with Crippen LogP contribution in [0.4, 0.5) is 0 Å². The number of aromatic nitrogens is 1. The molecule has 4 nitrogen and oxygen atoms in total. The number of carbonyl (C=O) groups is 1. The van der Waals surface area contributed by atoms with E-state index in [9.17, 15) is 10.1 Å². The predicted octanol–water partition coefficient (Wildman–Crippen LogP) is 5.10. The number of fused-ring (bicyclic) bond motifs is 1. The number of hydrogen-bond donors (Lipinski definition) is 2. The van der Waals surface area contributed by atoms with E-state index in [1.807, 2.05) is 85.1 Å². The van der Waals surface area contributed by atoms with Crippen LogP contribution in [0.2, 0.25) is 0 Å². The Labute approximate surface area is 175 Å². The molecule has 3 aromatic carbocycles. The third kappa shape index (κ3) is 4.31. The van der Waals surface area contributed by atoms with Crippen LogP contribution in [0.15, 0.2) is 90.6 Å². The molecule has 0 aliphatic heterocycles. The lowest BCUT2D eigenvalue weighted by Crippen LogP contribution is -2.26. The molecule has 0 atom stereocenters. The Morgan fingerprint density at radius 1 is 0.933 bits per heavy atom. The number of rotatable bonds is 6. The fraction of sp³-hybridized carbons (Fsp3) is 0.0769. The summed E-state index contributed by atoms with van der Waals surface area (Å²) in [7, 11) is 0. The van der Waals surface area contributed by atoms with Crippen LogP contribution in [0, 0.1) is 11.3 Å². The molecule has 1 aromatic heterocycles. The molecule has 4 heteroatoms. The summed E-state index contributed by atoms with van der Waals surface area (Å²) in [4.78, 5) is 15.7. The molecule has 0 unspecified atom stereocenters. The van der Waals surface area contributed by atoms with Crippen molar-refractivity contribution < 1.29 is 4.79 Å². The number of hydrogen-bond acceptors (Lipinski definition) is 2. The molecule has 30 heavy (non-hydrogen) atoms. The van der Waals surface area contributed by atoms with Crippen molar-refractivity contribution in [3.05, 3.63) is 102 Å². The van der Waals surface area contributed by atoms with Gasteiger partial charge in [-0.3, -0.25) is 4.79 Å². The smallest absolute Gasteiger partial charge is 0.261 e. The standard InChI is InChI=1S/C26H21N3O/c27-17-23(16-19-10-12-21(13-11-19)20-6-2-1-3-7-20)26(30)28-15-14-22-18-29-25-9-5-4-8-24(22)25/h1-13,16,18,29H,14-15H2,(H,28,30)/b23-16-. The Kier molecular flexibility index (Phi) is 5.73. The summed E-state index contributed by atoms with van der Waals surface area (Å²) in [6, 6.07) is 28.0. The van der Waals surface area contributed by atoms with Gasteiger partial charge < -0.3 is 10.3 Å². The quantitative estimate of drug-likeness (QED) is 0.355. The fourth-order valence-electron chi connectivity index (χ4n) is 3.46. The molecule has 4 rings (SSSR count). The molecular weight excluding hydrogens is 370 g/mol. The second kappa shape index (κ2) is 8.93. The lowest BCUT2D eigenvalue weighted by atomic mass is 10.0. The molecule has 146 valence electrons. The third-order valence-electron chi connectivity index (χ3n) is 5.05. The van der Waals surface area contributed by atoms with E-state index in [0.717, 1.165) is 33.2 Å². The number of carbonyl (C=O) groups excluding carboxylic acids is 1. The van der Waals surface area contributed by atoms with Crippen molar-refractivity contribution in [3.8, 4) is 17.2 Å². The van der Waals surface area contributed by atoms with E-state index < -0.39 is 0 Å². The summed E-state index contributed by atoms with van der Waals surface area (Å²) in [5.41, 5.74) is 5.36. The monoisotopic (exact) mass is 391 g/mol. The van der Waals surface area contributed by atoms with Gasteiger partial charge in [0.2, 0.25) is 0 Å². The maximum absolute atomic E-state index is 12.4. The average molecular weight is 391 g/mol. The van der Waals surface area contributed by atoms with Gasteiger partial charge in [-0.15, -0.1) is 0 Å². The normalized spacial score (nSPS) is 11.2. The van der Waals surface area contributed by atoms with Crippen molar-refractivity contribution in [3.63, 3.8) is 0 Å². The number of nitrogens with one attached hydrogen (secondary N) is 2. The zero-order chi connectivity index (χ0) is 20.8. The number of para-hydroxylation sites is 1. The van der Waals surface area contributed by atoms with Gasteiger partial charge in [0.1, 0.15) is 11.6 Å². The molecule has 1 heterocycles. The first kappa shape index (κ1) is 19.2. The van der Waals surface area contributed by atoms with Crippen LogP contribution in [-0.4, -0.2) is 17.4 Å². The van der Waals surface area contributed by atoms with Crippen LogP contribution in [0.3, 0.4) is 0 Å². The van der Waals surface area contributed by atoms with Gasteiger partial charge in [-0.1, -0.05) is 72.8 Å². The lowest BCUT2D eigenvalue weighted by molar-refractivity contribution is -0.117. The molecule has 0 spiro atoms. The van der Waals surface area contributed by atoms with E-state index in [-0.39, 0.29) is 11.5 Å². The second-order valence-electron chi connectivity index (χ2n) is 7.02. The Morgan fingerprint density at radius 3 is 2.40 bits per heavy atom. The Hall–Kier alpha value is -4.10. The van der Waals surface area contributed by atoms with Crippen molar-refractivity contribution >= 4 is 22.9 Å². The first-order chi connectivity index (χ1) is 14.7. The molecule has 2 N–H and O–H groups in total. The van der Waals surface area contributed by atoms with Crippen LogP contribution < -0.4 is 5.32 Å². The molecule has 4 aromatic rings. The minimum atomic E-state index is -0.357. The summed E-state index contributed by atoms with van der Waals surface area (Å²) in [6.07, 6.45) is 4.28. The van der Waals surface area contributed by atoms with Crippen LogP contribution >= 0.6 is 0 Å². The zero-order valence-corrected chi connectivity index (χ0v) is 16.4. The Morgan fingerprint density at radius 2 is 1.63 bits per heavy atom. The van der Waals surface area contributed by atoms with Gasteiger partial charge in [0, 0.05) is 23.6 Å². The van der Waals surface area contributed by atoms with Gasteiger partial charge in [-0.2, -0.15) is 5.26 Å². The van der Waals surface area contributed by atoms with Gasteiger partial charge in [0.15, 0.2) is 0 Å². The number of H-pyrrole nitrogens is 1. The number of nitriles is 1. The molecule has 0 aliphatic carbocycles. The summed E-state index contributed by atoms with van der Waals surface area (Å²) in [5.74, 6) is -0.357. The van der Waals surface area contributed by atoms with Crippen molar-refractivity contribution in [2.45, 2.75) is 6.42 Å². The molecule has 0 fully saturated rings.